The Kier molecular flexibility index (Phi) is 4.22. The molecule has 11 heteroatoms. The molecular weight excluding hydrogens is 372 g/mol. The van der Waals surface area contributed by atoms with E-state index in [9.17, 15) is 18.3 Å². The van der Waals surface area contributed by atoms with Crippen LogP contribution in [0, 0.1) is 0 Å². The van der Waals surface area contributed by atoms with Gasteiger partial charge in [0.2, 0.25) is 5.03 Å². The van der Waals surface area contributed by atoms with Gasteiger partial charge in [0.15, 0.2) is 10.6 Å². The number of nitrogens with one attached hydrogen (secondary N) is 1. The summed E-state index contributed by atoms with van der Waals surface area (Å²) in [5.74, 6) is -1.29. The van der Waals surface area contributed by atoms with Gasteiger partial charge in [0, 0.05) is 11.9 Å². The van der Waals surface area contributed by atoms with Crippen LogP contribution < -0.4 is 4.72 Å². The van der Waals surface area contributed by atoms with Crippen LogP contribution in [0.5, 0.6) is 0 Å². The lowest BCUT2D eigenvalue weighted by Gasteiger charge is -2.13. The van der Waals surface area contributed by atoms with E-state index in [0.29, 0.717) is 4.88 Å². The molecule has 0 saturated heterocycles. The van der Waals surface area contributed by atoms with Crippen molar-refractivity contribution in [1.29, 1.82) is 0 Å². The van der Waals surface area contributed by atoms with Gasteiger partial charge in [-0.1, -0.05) is 11.3 Å². The third-order valence-electron chi connectivity index (χ3n) is 2.34. The summed E-state index contributed by atoms with van der Waals surface area (Å²) < 4.78 is 27.7. The van der Waals surface area contributed by atoms with Gasteiger partial charge in [-0.15, -0.1) is 16.4 Å². The minimum atomic E-state index is -4.08. The Morgan fingerprint density at radius 2 is 2.30 bits per heavy atom. The summed E-state index contributed by atoms with van der Waals surface area (Å²) in [6, 6.07) is 1.83. The predicted octanol–water partition coefficient (Wildman–Crippen LogP) is 0.743. The van der Waals surface area contributed by atoms with E-state index < -0.39 is 22.0 Å². The molecule has 1 unspecified atom stereocenters. The molecule has 0 spiro atoms. The van der Waals surface area contributed by atoms with E-state index in [4.69, 9.17) is 0 Å². The molecule has 0 saturated carbocycles. The third kappa shape index (κ3) is 2.90. The minimum Gasteiger partial charge on any atom is -0.480 e. The number of halogens is 1. The topological polar surface area (TPSA) is 114 Å². The van der Waals surface area contributed by atoms with Crippen molar-refractivity contribution >= 4 is 43.3 Å². The highest BCUT2D eigenvalue weighted by Crippen LogP contribution is 2.24. The van der Waals surface area contributed by atoms with Crippen LogP contribution in [0.15, 0.2) is 27.1 Å². The molecule has 0 fully saturated rings. The maximum Gasteiger partial charge on any atom is 0.327 e. The molecule has 0 aliphatic heterocycles. The maximum absolute atomic E-state index is 12.2. The Balaban J connectivity index is 2.38. The van der Waals surface area contributed by atoms with E-state index >= 15 is 0 Å². The Morgan fingerprint density at radius 1 is 1.60 bits per heavy atom. The fraction of sp³-hybridized carbons (Fsp3) is 0.222. The van der Waals surface area contributed by atoms with Crippen LogP contribution >= 0.6 is 27.3 Å². The number of hydrogen-bond donors (Lipinski definition) is 2. The summed E-state index contributed by atoms with van der Waals surface area (Å²) in [7, 11) is -2.69. The number of rotatable bonds is 5. The van der Waals surface area contributed by atoms with Gasteiger partial charge < -0.3 is 5.11 Å². The highest BCUT2D eigenvalue weighted by atomic mass is 79.9. The molecule has 0 aromatic carbocycles. The van der Waals surface area contributed by atoms with Crippen molar-refractivity contribution < 1.29 is 18.3 Å². The number of thiophene rings is 1. The summed E-state index contributed by atoms with van der Waals surface area (Å²) in [5.41, 5.74) is 0. The summed E-state index contributed by atoms with van der Waals surface area (Å²) >= 11 is 4.12. The average Bonchev–Trinajstić information content (AvgIpc) is 2.96. The van der Waals surface area contributed by atoms with Crippen LogP contribution in [0.4, 0.5) is 0 Å². The second-order valence-corrected chi connectivity index (χ2v) is 7.08. The van der Waals surface area contributed by atoms with Gasteiger partial charge in [0.05, 0.1) is 0 Å². The molecule has 2 heterocycles. The third-order valence-corrected chi connectivity index (χ3v) is 5.59. The van der Waals surface area contributed by atoms with Crippen LogP contribution in [-0.4, -0.2) is 34.5 Å². The molecule has 20 heavy (non-hydrogen) atoms. The van der Waals surface area contributed by atoms with Gasteiger partial charge >= 0.3 is 5.97 Å². The minimum absolute atomic E-state index is 0.0165. The quantitative estimate of drug-likeness (QED) is 0.790. The normalized spacial score (nSPS) is 13.3. The summed E-state index contributed by atoms with van der Waals surface area (Å²) in [6.07, 6.45) is 0. The monoisotopic (exact) mass is 380 g/mol. The Hall–Kier alpha value is -1.30. The van der Waals surface area contributed by atoms with E-state index in [1.807, 2.05) is 0 Å². The zero-order valence-corrected chi connectivity index (χ0v) is 13.2. The largest absolute Gasteiger partial charge is 0.480 e. The van der Waals surface area contributed by atoms with Gasteiger partial charge in [-0.3, -0.25) is 4.79 Å². The standard InChI is InChI=1S/C9H9BrN4O4S2/c1-14-8(7(10)11-13-14)20(17,18)12-6(9(15)16)5-3-2-4-19-5/h2-4,6,12H,1H3,(H,15,16). The summed E-state index contributed by atoms with van der Waals surface area (Å²) in [6.45, 7) is 0. The molecule has 2 aromatic rings. The Labute approximate surface area is 126 Å². The first kappa shape index (κ1) is 15.1. The van der Waals surface area contributed by atoms with Crippen molar-refractivity contribution in [3.8, 4) is 0 Å². The lowest BCUT2D eigenvalue weighted by atomic mass is 10.3. The summed E-state index contributed by atoms with van der Waals surface area (Å²) in [4.78, 5) is 11.6. The number of aliphatic carboxylic acids is 1. The molecule has 8 nitrogen and oxygen atoms in total. The lowest BCUT2D eigenvalue weighted by molar-refractivity contribution is -0.139. The first-order valence-electron chi connectivity index (χ1n) is 5.16. The van der Waals surface area contributed by atoms with E-state index in [1.165, 1.54) is 7.05 Å². The highest BCUT2D eigenvalue weighted by Gasteiger charge is 2.31. The Bertz CT molecular complexity index is 706. The average molecular weight is 381 g/mol. The van der Waals surface area contributed by atoms with Crippen LogP contribution in [0.3, 0.4) is 0 Å². The molecule has 108 valence electrons. The number of carboxylic acids is 1. The van der Waals surface area contributed by atoms with Crippen molar-refractivity contribution in [3.05, 3.63) is 27.0 Å². The number of carbonyl (C=O) groups is 1. The number of hydrogen-bond acceptors (Lipinski definition) is 6. The number of aryl methyl sites for hydroxylation is 1. The van der Waals surface area contributed by atoms with E-state index in [2.05, 4.69) is 31.0 Å². The molecule has 0 aliphatic carbocycles. The molecule has 2 N–H and O–H groups in total. The van der Waals surface area contributed by atoms with Crippen LogP contribution in [0.25, 0.3) is 0 Å². The predicted molar refractivity (Wildman–Crippen MR) is 73.7 cm³/mol. The fourth-order valence-electron chi connectivity index (χ4n) is 1.50. The van der Waals surface area contributed by atoms with Crippen molar-refractivity contribution in [2.75, 3.05) is 0 Å². The number of carboxylic acid groups (broad SMARTS) is 1. The first-order chi connectivity index (χ1) is 9.33. The molecule has 2 rings (SSSR count). The van der Waals surface area contributed by atoms with Crippen molar-refractivity contribution in [2.24, 2.45) is 7.05 Å². The van der Waals surface area contributed by atoms with Crippen LogP contribution in [-0.2, 0) is 21.9 Å². The zero-order valence-electron chi connectivity index (χ0n) is 10.0. The van der Waals surface area contributed by atoms with Crippen LogP contribution in [0.1, 0.15) is 10.9 Å². The van der Waals surface area contributed by atoms with Gasteiger partial charge in [-0.25, -0.2) is 13.1 Å². The van der Waals surface area contributed by atoms with E-state index in [0.717, 1.165) is 16.0 Å². The fourth-order valence-corrected chi connectivity index (χ4v) is 4.61. The van der Waals surface area contributed by atoms with Gasteiger partial charge in [0.25, 0.3) is 10.0 Å². The first-order valence-corrected chi connectivity index (χ1v) is 8.32. The molecule has 0 amide bonds. The Morgan fingerprint density at radius 3 is 2.75 bits per heavy atom. The van der Waals surface area contributed by atoms with Gasteiger partial charge in [-0.05, 0) is 27.4 Å². The molecule has 2 aromatic heterocycles. The van der Waals surface area contributed by atoms with Gasteiger partial charge in [0.1, 0.15) is 0 Å². The number of aromatic nitrogens is 3. The van der Waals surface area contributed by atoms with Crippen molar-refractivity contribution in [1.82, 2.24) is 19.7 Å². The van der Waals surface area contributed by atoms with E-state index in [-0.39, 0.29) is 9.63 Å². The SMILES string of the molecule is Cn1nnc(Br)c1S(=O)(=O)NC(C(=O)O)c1cccs1. The molecule has 0 radical (unpaired) electrons. The lowest BCUT2D eigenvalue weighted by Crippen LogP contribution is -2.34. The zero-order chi connectivity index (χ0) is 14.9. The van der Waals surface area contributed by atoms with E-state index in [1.54, 1.807) is 17.5 Å². The number of sulfonamides is 1. The second-order valence-electron chi connectivity index (χ2n) is 3.72. The van der Waals surface area contributed by atoms with Crippen molar-refractivity contribution in [2.45, 2.75) is 11.1 Å². The van der Waals surface area contributed by atoms with Gasteiger partial charge in [-0.2, -0.15) is 4.72 Å². The van der Waals surface area contributed by atoms with Crippen LogP contribution in [0.2, 0.25) is 0 Å². The molecule has 0 aliphatic rings. The summed E-state index contributed by atoms with van der Waals surface area (Å²) in [5, 5.41) is 17.7. The smallest absolute Gasteiger partial charge is 0.327 e. The molecule has 1 atom stereocenters. The molecular formula is C9H9BrN4O4S2. The maximum atomic E-state index is 12.2. The highest BCUT2D eigenvalue weighted by molar-refractivity contribution is 9.10. The second kappa shape index (κ2) is 5.60. The van der Waals surface area contributed by atoms with Crippen molar-refractivity contribution in [3.63, 3.8) is 0 Å². The molecule has 0 bridgehead atoms. The number of nitrogens with zero attached hydrogens (tertiary/aromatic N) is 3.